The van der Waals surface area contributed by atoms with Gasteiger partial charge in [-0.15, -0.1) is 15.7 Å². The number of aromatic nitrogens is 2. The fourth-order valence-electron chi connectivity index (χ4n) is 2.21. The van der Waals surface area contributed by atoms with E-state index in [9.17, 15) is 8.42 Å². The standard InChI is InChI=1S/C12H15N3O3S3/c1-2-10-3-4-12(19-10)21(16,17)15-6-5-9(8-15)18-11-7-13-20-14-11/h3-4,7,9H,2,5-6,8H2,1H3. The minimum absolute atomic E-state index is 0.158. The lowest BCUT2D eigenvalue weighted by Crippen LogP contribution is -2.30. The summed E-state index contributed by atoms with van der Waals surface area (Å²) in [6.07, 6.45) is 2.91. The predicted octanol–water partition coefficient (Wildman–Crippen LogP) is 2.00. The van der Waals surface area contributed by atoms with Gasteiger partial charge in [-0.25, -0.2) is 8.42 Å². The maximum atomic E-state index is 12.6. The van der Waals surface area contributed by atoms with Crippen LogP contribution in [-0.2, 0) is 16.4 Å². The zero-order chi connectivity index (χ0) is 14.9. The highest BCUT2D eigenvalue weighted by atomic mass is 32.2. The maximum Gasteiger partial charge on any atom is 0.252 e. The molecule has 0 bridgehead atoms. The van der Waals surface area contributed by atoms with Gasteiger partial charge in [0.1, 0.15) is 16.5 Å². The summed E-state index contributed by atoms with van der Waals surface area (Å²) >= 11 is 2.42. The van der Waals surface area contributed by atoms with Crippen molar-refractivity contribution >= 4 is 33.1 Å². The molecule has 1 aliphatic rings. The summed E-state index contributed by atoms with van der Waals surface area (Å²) in [6.45, 7) is 2.85. The summed E-state index contributed by atoms with van der Waals surface area (Å²) in [6, 6.07) is 3.57. The number of nitrogens with zero attached hydrogens (tertiary/aromatic N) is 3. The van der Waals surface area contributed by atoms with E-state index in [2.05, 4.69) is 8.75 Å². The summed E-state index contributed by atoms with van der Waals surface area (Å²) in [5.74, 6) is 0.466. The molecule has 0 spiro atoms. The molecule has 1 atom stereocenters. The summed E-state index contributed by atoms with van der Waals surface area (Å²) in [7, 11) is -3.40. The molecule has 1 fully saturated rings. The van der Waals surface area contributed by atoms with Crippen LogP contribution in [0.2, 0.25) is 0 Å². The Kier molecular flexibility index (Phi) is 4.25. The molecule has 3 rings (SSSR count). The van der Waals surface area contributed by atoms with E-state index < -0.39 is 10.0 Å². The van der Waals surface area contributed by atoms with Crippen LogP contribution in [0.15, 0.2) is 22.5 Å². The molecule has 0 saturated carbocycles. The van der Waals surface area contributed by atoms with Gasteiger partial charge in [-0.3, -0.25) is 0 Å². The SMILES string of the molecule is CCc1ccc(S(=O)(=O)N2CCC(Oc3cnsn3)C2)s1. The molecule has 21 heavy (non-hydrogen) atoms. The summed E-state index contributed by atoms with van der Waals surface area (Å²) in [5.41, 5.74) is 0. The Labute approximate surface area is 131 Å². The Morgan fingerprint density at radius 2 is 2.33 bits per heavy atom. The molecule has 1 aliphatic heterocycles. The highest BCUT2D eigenvalue weighted by Gasteiger charge is 2.34. The van der Waals surface area contributed by atoms with Gasteiger partial charge in [0.05, 0.1) is 18.3 Å². The van der Waals surface area contributed by atoms with Crippen LogP contribution in [0, 0.1) is 0 Å². The Bertz CT molecular complexity index is 696. The average molecular weight is 345 g/mol. The predicted molar refractivity (Wildman–Crippen MR) is 81.4 cm³/mol. The molecule has 1 unspecified atom stereocenters. The number of rotatable bonds is 5. The van der Waals surface area contributed by atoms with Gasteiger partial charge in [0.2, 0.25) is 5.88 Å². The first-order chi connectivity index (χ1) is 10.1. The van der Waals surface area contributed by atoms with E-state index in [0.29, 0.717) is 29.6 Å². The van der Waals surface area contributed by atoms with Crippen LogP contribution in [0.25, 0.3) is 0 Å². The third-order valence-electron chi connectivity index (χ3n) is 3.32. The zero-order valence-electron chi connectivity index (χ0n) is 11.4. The van der Waals surface area contributed by atoms with Crippen molar-refractivity contribution in [3.63, 3.8) is 0 Å². The summed E-state index contributed by atoms with van der Waals surface area (Å²) in [4.78, 5) is 1.08. The molecule has 1 saturated heterocycles. The lowest BCUT2D eigenvalue weighted by molar-refractivity contribution is 0.208. The topological polar surface area (TPSA) is 72.4 Å². The number of hydrogen-bond acceptors (Lipinski definition) is 7. The van der Waals surface area contributed by atoms with Gasteiger partial charge in [-0.05, 0) is 25.0 Å². The lowest BCUT2D eigenvalue weighted by atomic mass is 10.3. The molecule has 0 amide bonds. The fraction of sp³-hybridized carbons (Fsp3) is 0.500. The van der Waals surface area contributed by atoms with E-state index in [1.807, 2.05) is 13.0 Å². The average Bonchev–Trinajstić information content (AvgIpc) is 3.20. The summed E-state index contributed by atoms with van der Waals surface area (Å²) in [5, 5.41) is 0. The highest BCUT2D eigenvalue weighted by molar-refractivity contribution is 7.91. The minimum atomic E-state index is -3.40. The molecule has 0 aliphatic carbocycles. The van der Waals surface area contributed by atoms with E-state index >= 15 is 0 Å². The molecular weight excluding hydrogens is 330 g/mol. The molecule has 3 heterocycles. The third kappa shape index (κ3) is 3.10. The van der Waals surface area contributed by atoms with Crippen LogP contribution < -0.4 is 4.74 Å². The van der Waals surface area contributed by atoms with Crippen molar-refractivity contribution in [2.45, 2.75) is 30.1 Å². The molecule has 2 aromatic rings. The van der Waals surface area contributed by atoms with Crippen LogP contribution in [-0.4, -0.2) is 40.7 Å². The van der Waals surface area contributed by atoms with Gasteiger partial charge in [0, 0.05) is 11.4 Å². The van der Waals surface area contributed by atoms with Crippen molar-refractivity contribution in [3.05, 3.63) is 23.2 Å². The quantitative estimate of drug-likeness (QED) is 0.829. The Morgan fingerprint density at radius 1 is 1.48 bits per heavy atom. The largest absolute Gasteiger partial charge is 0.471 e. The molecule has 2 aromatic heterocycles. The molecule has 114 valence electrons. The molecular formula is C12H15N3O3S3. The monoisotopic (exact) mass is 345 g/mol. The smallest absolute Gasteiger partial charge is 0.252 e. The van der Waals surface area contributed by atoms with E-state index in [0.717, 1.165) is 23.0 Å². The van der Waals surface area contributed by atoms with Gasteiger partial charge in [-0.1, -0.05) is 6.92 Å². The first kappa shape index (κ1) is 14.9. The molecule has 0 radical (unpaired) electrons. The highest BCUT2D eigenvalue weighted by Crippen LogP contribution is 2.28. The number of ether oxygens (including phenoxy) is 1. The second kappa shape index (κ2) is 5.99. The van der Waals surface area contributed by atoms with Crippen molar-refractivity contribution < 1.29 is 13.2 Å². The second-order valence-electron chi connectivity index (χ2n) is 4.71. The number of aryl methyl sites for hydroxylation is 1. The van der Waals surface area contributed by atoms with Crippen LogP contribution in [0.1, 0.15) is 18.2 Å². The molecule has 9 heteroatoms. The van der Waals surface area contributed by atoms with Gasteiger partial charge in [0.15, 0.2) is 0 Å². The van der Waals surface area contributed by atoms with Gasteiger partial charge in [-0.2, -0.15) is 8.68 Å². The lowest BCUT2D eigenvalue weighted by Gasteiger charge is -2.15. The van der Waals surface area contributed by atoms with Gasteiger partial charge >= 0.3 is 0 Å². The molecule has 0 N–H and O–H groups in total. The molecule has 0 aromatic carbocycles. The Hall–Kier alpha value is -1.03. The minimum Gasteiger partial charge on any atom is -0.471 e. The van der Waals surface area contributed by atoms with Crippen LogP contribution in [0.4, 0.5) is 0 Å². The molecule has 6 nitrogen and oxygen atoms in total. The van der Waals surface area contributed by atoms with Crippen molar-refractivity contribution in [2.75, 3.05) is 13.1 Å². The van der Waals surface area contributed by atoms with Crippen molar-refractivity contribution in [1.29, 1.82) is 0 Å². The van der Waals surface area contributed by atoms with Crippen molar-refractivity contribution in [1.82, 2.24) is 13.1 Å². The number of thiophene rings is 1. The third-order valence-corrected chi connectivity index (χ3v) is 7.34. The first-order valence-electron chi connectivity index (χ1n) is 6.62. The van der Waals surface area contributed by atoms with Gasteiger partial charge < -0.3 is 4.74 Å². The number of sulfonamides is 1. The second-order valence-corrected chi connectivity index (χ2v) is 8.60. The fourth-order valence-corrected chi connectivity index (χ4v) is 5.50. The van der Waals surface area contributed by atoms with E-state index in [-0.39, 0.29) is 6.10 Å². The first-order valence-corrected chi connectivity index (χ1v) is 9.61. The summed E-state index contributed by atoms with van der Waals surface area (Å²) < 4.78 is 40.5. The van der Waals surface area contributed by atoms with Crippen LogP contribution in [0.5, 0.6) is 5.88 Å². The van der Waals surface area contributed by atoms with Crippen LogP contribution in [0.3, 0.4) is 0 Å². The number of hydrogen-bond donors (Lipinski definition) is 0. The van der Waals surface area contributed by atoms with Gasteiger partial charge in [0.25, 0.3) is 10.0 Å². The van der Waals surface area contributed by atoms with Crippen molar-refractivity contribution in [3.8, 4) is 5.88 Å². The maximum absolute atomic E-state index is 12.6. The van der Waals surface area contributed by atoms with E-state index in [4.69, 9.17) is 4.74 Å². The normalized spacial score (nSPS) is 20.0. The van der Waals surface area contributed by atoms with E-state index in [1.165, 1.54) is 15.6 Å². The Morgan fingerprint density at radius 3 is 3.00 bits per heavy atom. The van der Waals surface area contributed by atoms with Crippen molar-refractivity contribution in [2.24, 2.45) is 0 Å². The Balaban J connectivity index is 1.69. The van der Waals surface area contributed by atoms with Crippen LogP contribution >= 0.6 is 23.1 Å². The zero-order valence-corrected chi connectivity index (χ0v) is 13.9. The van der Waals surface area contributed by atoms with E-state index in [1.54, 1.807) is 12.3 Å².